The number of benzene rings is 5. The van der Waals surface area contributed by atoms with Gasteiger partial charge >= 0.3 is 0 Å². The van der Waals surface area contributed by atoms with Gasteiger partial charge in [-0.2, -0.15) is 9.97 Å². The fourth-order valence-corrected chi connectivity index (χ4v) is 4.39. The summed E-state index contributed by atoms with van der Waals surface area (Å²) in [7, 11) is 0. The second-order valence-electron chi connectivity index (χ2n) is 7.92. The molecule has 6 rings (SSSR count). The number of halogens is 1. The van der Waals surface area contributed by atoms with Crippen molar-refractivity contribution in [2.24, 2.45) is 0 Å². The lowest BCUT2D eigenvalue weighted by Gasteiger charge is -2.11. The molecular formula is C29H18ClN3. The summed E-state index contributed by atoms with van der Waals surface area (Å²) < 4.78 is 0. The quantitative estimate of drug-likeness (QED) is 0.279. The average Bonchev–Trinajstić information content (AvgIpc) is 2.88. The molecule has 0 aliphatic rings. The Morgan fingerprint density at radius 1 is 0.455 bits per heavy atom. The van der Waals surface area contributed by atoms with Crippen molar-refractivity contribution in [3.05, 3.63) is 114 Å². The second-order valence-corrected chi connectivity index (χ2v) is 8.26. The Labute approximate surface area is 196 Å². The Bertz CT molecular complexity index is 1630. The van der Waals surface area contributed by atoms with Crippen LogP contribution in [-0.2, 0) is 0 Å². The first-order chi connectivity index (χ1) is 16.2. The molecule has 0 amide bonds. The number of hydrogen-bond donors (Lipinski definition) is 0. The number of rotatable bonds is 3. The van der Waals surface area contributed by atoms with E-state index >= 15 is 0 Å². The third kappa shape index (κ3) is 3.73. The van der Waals surface area contributed by atoms with Crippen LogP contribution < -0.4 is 0 Å². The first-order valence-electron chi connectivity index (χ1n) is 10.7. The fraction of sp³-hybridized carbons (Fsp3) is 0. The summed E-state index contributed by atoms with van der Waals surface area (Å²) in [6.07, 6.45) is 0. The summed E-state index contributed by atoms with van der Waals surface area (Å²) in [6, 6.07) is 37.4. The summed E-state index contributed by atoms with van der Waals surface area (Å²) in [5.74, 6) is 1.12. The lowest BCUT2D eigenvalue weighted by atomic mass is 9.95. The van der Waals surface area contributed by atoms with Crippen LogP contribution in [0.2, 0.25) is 5.28 Å². The minimum absolute atomic E-state index is 0.178. The van der Waals surface area contributed by atoms with Gasteiger partial charge in [-0.15, -0.1) is 0 Å². The van der Waals surface area contributed by atoms with Gasteiger partial charge in [-0.25, -0.2) is 4.98 Å². The molecule has 5 aromatic carbocycles. The van der Waals surface area contributed by atoms with Gasteiger partial charge in [-0.3, -0.25) is 0 Å². The van der Waals surface area contributed by atoms with Crippen molar-refractivity contribution >= 4 is 33.1 Å². The summed E-state index contributed by atoms with van der Waals surface area (Å²) in [6.45, 7) is 0. The first-order valence-corrected chi connectivity index (χ1v) is 11.1. The van der Waals surface area contributed by atoms with Gasteiger partial charge in [0.05, 0.1) is 0 Å². The summed E-state index contributed by atoms with van der Waals surface area (Å²) in [5.41, 5.74) is 4.08. The fourth-order valence-electron chi connectivity index (χ4n) is 4.23. The van der Waals surface area contributed by atoms with Crippen LogP contribution in [0.3, 0.4) is 0 Å². The highest BCUT2D eigenvalue weighted by Crippen LogP contribution is 2.34. The van der Waals surface area contributed by atoms with E-state index in [1.54, 1.807) is 0 Å². The summed E-state index contributed by atoms with van der Waals surface area (Å²) in [4.78, 5) is 13.7. The van der Waals surface area contributed by atoms with E-state index in [0.29, 0.717) is 11.6 Å². The van der Waals surface area contributed by atoms with Gasteiger partial charge in [0.1, 0.15) is 0 Å². The molecule has 0 aliphatic heterocycles. The molecule has 1 aromatic heterocycles. The van der Waals surface area contributed by atoms with Crippen LogP contribution in [0.1, 0.15) is 0 Å². The van der Waals surface area contributed by atoms with E-state index in [2.05, 4.69) is 88.8 Å². The molecule has 156 valence electrons. The SMILES string of the molecule is Clc1nc(-c2ccc3ccccc3c2)nc(-c2cc(-c3ccccc3)c3ccccc3c2)n1. The molecule has 1 heterocycles. The summed E-state index contributed by atoms with van der Waals surface area (Å²) in [5, 5.41) is 4.78. The molecule has 0 fully saturated rings. The normalized spacial score (nSPS) is 11.2. The zero-order valence-corrected chi connectivity index (χ0v) is 18.4. The van der Waals surface area contributed by atoms with Gasteiger partial charge in [0.25, 0.3) is 0 Å². The lowest BCUT2D eigenvalue weighted by molar-refractivity contribution is 1.07. The van der Waals surface area contributed by atoms with E-state index < -0.39 is 0 Å². The van der Waals surface area contributed by atoms with Gasteiger partial charge in [0.2, 0.25) is 5.28 Å². The minimum Gasteiger partial charge on any atom is -0.208 e. The maximum absolute atomic E-state index is 6.38. The van der Waals surface area contributed by atoms with Crippen molar-refractivity contribution in [2.75, 3.05) is 0 Å². The number of fused-ring (bicyclic) bond motifs is 2. The van der Waals surface area contributed by atoms with Crippen LogP contribution in [0, 0.1) is 0 Å². The van der Waals surface area contributed by atoms with Gasteiger partial charge in [0.15, 0.2) is 11.6 Å². The molecule has 0 spiro atoms. The Kier molecular flexibility index (Phi) is 4.82. The molecule has 4 heteroatoms. The molecule has 0 saturated heterocycles. The van der Waals surface area contributed by atoms with E-state index in [1.165, 1.54) is 10.8 Å². The Balaban J connectivity index is 1.54. The standard InChI is InChI=1S/C29H18ClN3/c30-29-32-27(23-15-14-19-8-4-5-11-21(19)16-23)31-28(33-29)24-17-22-12-6-7-13-25(22)26(18-24)20-9-2-1-3-10-20/h1-18H. The lowest BCUT2D eigenvalue weighted by Crippen LogP contribution is -1.98. The molecule has 0 saturated carbocycles. The molecule has 0 atom stereocenters. The highest BCUT2D eigenvalue weighted by Gasteiger charge is 2.13. The molecular weight excluding hydrogens is 426 g/mol. The van der Waals surface area contributed by atoms with E-state index in [1.807, 2.05) is 30.3 Å². The summed E-state index contributed by atoms with van der Waals surface area (Å²) >= 11 is 6.38. The number of aromatic nitrogens is 3. The molecule has 0 N–H and O–H groups in total. The monoisotopic (exact) mass is 443 g/mol. The van der Waals surface area contributed by atoms with E-state index in [9.17, 15) is 0 Å². The highest BCUT2D eigenvalue weighted by atomic mass is 35.5. The maximum Gasteiger partial charge on any atom is 0.226 e. The smallest absolute Gasteiger partial charge is 0.208 e. The topological polar surface area (TPSA) is 38.7 Å². The van der Waals surface area contributed by atoms with Gasteiger partial charge in [-0.1, -0.05) is 91.0 Å². The number of hydrogen-bond acceptors (Lipinski definition) is 3. The van der Waals surface area contributed by atoms with Crippen LogP contribution in [0.4, 0.5) is 0 Å². The number of nitrogens with zero attached hydrogens (tertiary/aromatic N) is 3. The Hall–Kier alpha value is -4.08. The molecule has 0 bridgehead atoms. The van der Waals surface area contributed by atoms with Crippen LogP contribution >= 0.6 is 11.6 Å². The second kappa shape index (κ2) is 8.12. The molecule has 0 radical (unpaired) electrons. The van der Waals surface area contributed by atoms with Crippen molar-refractivity contribution in [3.63, 3.8) is 0 Å². The van der Waals surface area contributed by atoms with Crippen molar-refractivity contribution in [1.29, 1.82) is 0 Å². The van der Waals surface area contributed by atoms with Crippen LogP contribution in [-0.4, -0.2) is 15.0 Å². The maximum atomic E-state index is 6.38. The molecule has 33 heavy (non-hydrogen) atoms. The molecule has 0 unspecified atom stereocenters. The predicted octanol–water partition coefficient (Wildman–Crippen LogP) is 7.83. The molecule has 6 aromatic rings. The molecule has 0 aliphatic carbocycles. The average molecular weight is 444 g/mol. The van der Waals surface area contributed by atoms with Crippen molar-refractivity contribution in [3.8, 4) is 33.9 Å². The van der Waals surface area contributed by atoms with Crippen LogP contribution in [0.15, 0.2) is 109 Å². The van der Waals surface area contributed by atoms with Crippen molar-refractivity contribution in [1.82, 2.24) is 15.0 Å². The van der Waals surface area contributed by atoms with Crippen LogP contribution in [0.5, 0.6) is 0 Å². The minimum atomic E-state index is 0.178. The van der Waals surface area contributed by atoms with Gasteiger partial charge < -0.3 is 0 Å². The van der Waals surface area contributed by atoms with Crippen molar-refractivity contribution < 1.29 is 0 Å². The zero-order chi connectivity index (χ0) is 22.2. The third-order valence-corrected chi connectivity index (χ3v) is 5.99. The molecule has 3 nitrogen and oxygen atoms in total. The van der Waals surface area contributed by atoms with Gasteiger partial charge in [0, 0.05) is 11.1 Å². The van der Waals surface area contributed by atoms with Crippen LogP contribution in [0.25, 0.3) is 55.4 Å². The third-order valence-electron chi connectivity index (χ3n) is 5.82. The largest absolute Gasteiger partial charge is 0.226 e. The van der Waals surface area contributed by atoms with E-state index in [-0.39, 0.29) is 5.28 Å². The van der Waals surface area contributed by atoms with E-state index in [0.717, 1.165) is 33.0 Å². The van der Waals surface area contributed by atoms with Crippen molar-refractivity contribution in [2.45, 2.75) is 0 Å². The zero-order valence-electron chi connectivity index (χ0n) is 17.6. The van der Waals surface area contributed by atoms with E-state index in [4.69, 9.17) is 16.6 Å². The van der Waals surface area contributed by atoms with Gasteiger partial charge in [-0.05, 0) is 62.5 Å². The Morgan fingerprint density at radius 2 is 1.09 bits per heavy atom. The Morgan fingerprint density at radius 3 is 1.91 bits per heavy atom. The first kappa shape index (κ1) is 19.6. The highest BCUT2D eigenvalue weighted by molar-refractivity contribution is 6.28. The predicted molar refractivity (Wildman–Crippen MR) is 136 cm³/mol.